The predicted octanol–water partition coefficient (Wildman–Crippen LogP) is 2.11. The third-order valence-corrected chi connectivity index (χ3v) is 5.41. The van der Waals surface area contributed by atoms with Gasteiger partial charge in [-0.1, -0.05) is 0 Å². The number of ether oxygens (including phenoxy) is 1. The summed E-state index contributed by atoms with van der Waals surface area (Å²) in [5.74, 6) is -0.138. The smallest absolute Gasteiger partial charge is 0.306 e. The summed E-state index contributed by atoms with van der Waals surface area (Å²) in [6.45, 7) is 9.16. The molecule has 0 bridgehead atoms. The lowest BCUT2D eigenvalue weighted by molar-refractivity contribution is -0.140. The molecule has 0 amide bonds. The number of hydrogen-bond donors (Lipinski definition) is 0. The minimum absolute atomic E-state index is 0.138. The van der Waals surface area contributed by atoms with Gasteiger partial charge in [0.05, 0.1) is 13.5 Å². The van der Waals surface area contributed by atoms with Crippen LogP contribution in [0.2, 0.25) is 19.1 Å². The van der Waals surface area contributed by atoms with Crippen LogP contribution in [0, 0.1) is 0 Å². The number of carbonyl (C=O) groups is 1. The number of nitrogens with zero attached hydrogens (tertiary/aromatic N) is 1. The molecule has 0 radical (unpaired) electrons. The molecule has 0 saturated heterocycles. The van der Waals surface area contributed by atoms with Crippen LogP contribution in [0.5, 0.6) is 0 Å². The van der Waals surface area contributed by atoms with Crippen molar-refractivity contribution >= 4 is 14.3 Å². The van der Waals surface area contributed by atoms with Crippen molar-refractivity contribution in [1.29, 1.82) is 0 Å². The minimum atomic E-state index is -1.44. The van der Waals surface area contributed by atoms with E-state index in [1.54, 1.807) is 0 Å². The van der Waals surface area contributed by atoms with Gasteiger partial charge in [-0.05, 0) is 46.1 Å². The molecule has 102 valence electrons. The van der Waals surface area contributed by atoms with Crippen molar-refractivity contribution in [2.75, 3.05) is 33.9 Å². The molecule has 0 aromatic heterocycles. The van der Waals surface area contributed by atoms with Crippen molar-refractivity contribution in [3.8, 4) is 0 Å². The first-order valence-electron chi connectivity index (χ1n) is 6.30. The summed E-state index contributed by atoms with van der Waals surface area (Å²) in [5, 5.41) is 0. The Morgan fingerprint density at radius 2 is 1.94 bits per heavy atom. The van der Waals surface area contributed by atoms with Crippen LogP contribution in [-0.4, -0.2) is 53.0 Å². The Balaban J connectivity index is 3.63. The second-order valence-corrected chi connectivity index (χ2v) is 9.23. The van der Waals surface area contributed by atoms with Crippen LogP contribution in [0.3, 0.4) is 0 Å². The Kier molecular flexibility index (Phi) is 8.46. The molecule has 0 aromatic rings. The Morgan fingerprint density at radius 1 is 1.29 bits per heavy atom. The molecule has 0 N–H and O–H groups in total. The van der Waals surface area contributed by atoms with Gasteiger partial charge in [-0.15, -0.1) is 0 Å². The van der Waals surface area contributed by atoms with Crippen molar-refractivity contribution < 1.29 is 14.0 Å². The van der Waals surface area contributed by atoms with E-state index < -0.39 is 8.32 Å². The second-order valence-electron chi connectivity index (χ2n) is 4.93. The highest BCUT2D eigenvalue weighted by Crippen LogP contribution is 2.13. The summed E-state index contributed by atoms with van der Waals surface area (Å²) in [7, 11) is 2.03. The molecular formula is C12H27NO3Si. The summed E-state index contributed by atoms with van der Waals surface area (Å²) >= 11 is 0. The molecule has 0 heterocycles. The van der Waals surface area contributed by atoms with E-state index in [1.807, 2.05) is 7.05 Å². The van der Waals surface area contributed by atoms with E-state index in [0.717, 1.165) is 26.1 Å². The van der Waals surface area contributed by atoms with Gasteiger partial charge in [-0.3, -0.25) is 4.79 Å². The fourth-order valence-corrected chi connectivity index (χ4v) is 3.67. The molecule has 4 nitrogen and oxygen atoms in total. The lowest BCUT2D eigenvalue weighted by Gasteiger charge is -2.23. The normalized spacial score (nSPS) is 11.9. The van der Waals surface area contributed by atoms with Gasteiger partial charge in [0.1, 0.15) is 0 Å². The highest BCUT2D eigenvalue weighted by molar-refractivity contribution is 6.71. The molecule has 0 rings (SSSR count). The summed E-state index contributed by atoms with van der Waals surface area (Å²) in [6.07, 6.45) is 1.61. The lowest BCUT2D eigenvalue weighted by atomic mass is 10.3. The molecule has 0 atom stereocenters. The van der Waals surface area contributed by atoms with Crippen LogP contribution in [0.15, 0.2) is 0 Å². The van der Waals surface area contributed by atoms with Gasteiger partial charge < -0.3 is 14.1 Å². The van der Waals surface area contributed by atoms with Gasteiger partial charge in [0.15, 0.2) is 8.32 Å². The van der Waals surface area contributed by atoms with E-state index in [2.05, 4.69) is 29.7 Å². The molecule has 0 aliphatic carbocycles. The number of rotatable bonds is 9. The van der Waals surface area contributed by atoms with Gasteiger partial charge in [-0.2, -0.15) is 0 Å². The molecule has 0 spiro atoms. The second kappa shape index (κ2) is 8.66. The zero-order valence-electron chi connectivity index (χ0n) is 11.9. The summed E-state index contributed by atoms with van der Waals surface area (Å²) in [5.41, 5.74) is 0. The molecule has 0 saturated carbocycles. The summed E-state index contributed by atoms with van der Waals surface area (Å²) in [6, 6.07) is 1.17. The maximum atomic E-state index is 11.0. The maximum Gasteiger partial charge on any atom is 0.306 e. The minimum Gasteiger partial charge on any atom is -0.469 e. The first kappa shape index (κ1) is 16.6. The number of carbonyl (C=O) groups excluding carboxylic acids is 1. The molecule has 0 unspecified atom stereocenters. The average molecular weight is 261 g/mol. The van der Waals surface area contributed by atoms with Crippen LogP contribution >= 0.6 is 0 Å². The van der Waals surface area contributed by atoms with Crippen molar-refractivity contribution in [3.05, 3.63) is 0 Å². The quantitative estimate of drug-likeness (QED) is 0.471. The van der Waals surface area contributed by atoms with E-state index in [-0.39, 0.29) is 5.97 Å². The average Bonchev–Trinajstić information content (AvgIpc) is 2.25. The van der Waals surface area contributed by atoms with Gasteiger partial charge >= 0.3 is 5.97 Å². The lowest BCUT2D eigenvalue weighted by Crippen LogP contribution is -2.32. The zero-order valence-corrected chi connectivity index (χ0v) is 12.9. The highest BCUT2D eigenvalue weighted by atomic mass is 28.4. The Labute approximate surface area is 106 Å². The zero-order chi connectivity index (χ0) is 13.3. The van der Waals surface area contributed by atoms with Crippen molar-refractivity contribution in [1.82, 2.24) is 4.90 Å². The first-order chi connectivity index (χ1) is 7.91. The van der Waals surface area contributed by atoms with Crippen LogP contribution in [0.4, 0.5) is 0 Å². The first-order valence-corrected chi connectivity index (χ1v) is 9.42. The topological polar surface area (TPSA) is 38.8 Å². The third-order valence-electron chi connectivity index (χ3n) is 2.78. The van der Waals surface area contributed by atoms with E-state index in [0.29, 0.717) is 6.42 Å². The molecule has 0 fully saturated rings. The third kappa shape index (κ3) is 9.32. The molecular weight excluding hydrogens is 234 g/mol. The van der Waals surface area contributed by atoms with Crippen LogP contribution in [-0.2, 0) is 14.0 Å². The Hall–Kier alpha value is -0.393. The van der Waals surface area contributed by atoms with Crippen molar-refractivity contribution in [2.24, 2.45) is 0 Å². The molecule has 0 aromatic carbocycles. The fraction of sp³-hybridized carbons (Fsp3) is 0.917. The molecule has 0 aliphatic rings. The monoisotopic (exact) mass is 261 g/mol. The highest BCUT2D eigenvalue weighted by Gasteiger charge is 2.20. The van der Waals surface area contributed by atoms with Gasteiger partial charge in [0.2, 0.25) is 0 Å². The predicted molar refractivity (Wildman–Crippen MR) is 72.7 cm³/mol. The van der Waals surface area contributed by atoms with E-state index in [9.17, 15) is 4.79 Å². The number of hydrogen-bond acceptors (Lipinski definition) is 4. The summed E-state index contributed by atoms with van der Waals surface area (Å²) < 4.78 is 10.4. The Morgan fingerprint density at radius 3 is 2.47 bits per heavy atom. The largest absolute Gasteiger partial charge is 0.469 e. The van der Waals surface area contributed by atoms with Crippen molar-refractivity contribution in [2.45, 2.75) is 38.9 Å². The van der Waals surface area contributed by atoms with Crippen LogP contribution < -0.4 is 0 Å². The van der Waals surface area contributed by atoms with Gasteiger partial charge in [0.25, 0.3) is 0 Å². The fourth-order valence-electron chi connectivity index (χ4n) is 1.73. The van der Waals surface area contributed by atoms with E-state index in [4.69, 9.17) is 4.43 Å². The summed E-state index contributed by atoms with van der Waals surface area (Å²) in [4.78, 5) is 13.1. The number of methoxy groups -OCH3 is 1. The standard InChI is InChI=1S/C12H27NO3Si/c1-6-16-17(4,5)11-7-9-13(2)10-8-12(14)15-3/h6-11H2,1-5H3. The van der Waals surface area contributed by atoms with Crippen LogP contribution in [0.25, 0.3) is 0 Å². The molecule has 17 heavy (non-hydrogen) atoms. The van der Waals surface area contributed by atoms with E-state index >= 15 is 0 Å². The van der Waals surface area contributed by atoms with E-state index in [1.165, 1.54) is 13.2 Å². The molecule has 0 aliphatic heterocycles. The van der Waals surface area contributed by atoms with Crippen molar-refractivity contribution in [3.63, 3.8) is 0 Å². The number of esters is 1. The maximum absolute atomic E-state index is 11.0. The Bertz CT molecular complexity index is 222. The van der Waals surface area contributed by atoms with Crippen LogP contribution in [0.1, 0.15) is 19.8 Å². The molecule has 5 heteroatoms. The van der Waals surface area contributed by atoms with Gasteiger partial charge in [0, 0.05) is 13.2 Å². The SMILES string of the molecule is CCO[Si](C)(C)CCCN(C)CCC(=O)OC. The van der Waals surface area contributed by atoms with Gasteiger partial charge in [-0.25, -0.2) is 0 Å².